The largest absolute Gasteiger partial charge is 0.385 e. The first kappa shape index (κ1) is 9.66. The lowest BCUT2D eigenvalue weighted by molar-refractivity contribution is 0.0371. The van der Waals surface area contributed by atoms with Gasteiger partial charge in [0.1, 0.15) is 5.82 Å². The molecule has 2 atom stereocenters. The maximum Gasteiger partial charge on any atom is 0.129 e. The third-order valence-electron chi connectivity index (χ3n) is 3.11. The van der Waals surface area contributed by atoms with Gasteiger partial charge < -0.3 is 5.11 Å². The van der Waals surface area contributed by atoms with Crippen LogP contribution in [0.5, 0.6) is 0 Å². The van der Waals surface area contributed by atoms with Gasteiger partial charge in [-0.05, 0) is 31.2 Å². The van der Waals surface area contributed by atoms with Crippen molar-refractivity contribution in [3.63, 3.8) is 0 Å². The molecule has 1 N–H and O–H groups in total. The van der Waals surface area contributed by atoms with Crippen LogP contribution in [0.15, 0.2) is 24.3 Å². The van der Waals surface area contributed by atoms with Gasteiger partial charge in [-0.3, -0.25) is 0 Å². The maximum atomic E-state index is 13.5. The highest BCUT2D eigenvalue weighted by Gasteiger charge is 2.38. The molecule has 0 heterocycles. The lowest BCUT2D eigenvalue weighted by atomic mass is 9.91. The second-order valence-corrected chi connectivity index (χ2v) is 4.36. The molecule has 1 aromatic rings. The van der Waals surface area contributed by atoms with Crippen molar-refractivity contribution in [1.29, 1.82) is 0 Å². The van der Waals surface area contributed by atoms with Gasteiger partial charge in [-0.25, -0.2) is 4.39 Å². The Morgan fingerprint density at radius 2 is 2.14 bits per heavy atom. The molecule has 0 unspecified atom stereocenters. The number of benzene rings is 1. The lowest BCUT2D eigenvalue weighted by Gasteiger charge is -2.23. The van der Waals surface area contributed by atoms with Crippen molar-refractivity contribution in [2.75, 3.05) is 0 Å². The Bertz CT molecular complexity index is 337. The van der Waals surface area contributed by atoms with Gasteiger partial charge in [0, 0.05) is 5.56 Å². The molecule has 0 saturated heterocycles. The molecule has 14 heavy (non-hydrogen) atoms. The summed E-state index contributed by atoms with van der Waals surface area (Å²) in [7, 11) is 0. The SMILES string of the molecule is C[C@H]1CC[C@@](O)(c2ccccc2F)C1. The van der Waals surface area contributed by atoms with E-state index in [4.69, 9.17) is 0 Å². The smallest absolute Gasteiger partial charge is 0.129 e. The van der Waals surface area contributed by atoms with E-state index in [1.54, 1.807) is 18.2 Å². The molecule has 2 rings (SSSR count). The summed E-state index contributed by atoms with van der Waals surface area (Å²) in [5.41, 5.74) is -0.463. The van der Waals surface area contributed by atoms with Crippen LogP contribution >= 0.6 is 0 Å². The van der Waals surface area contributed by atoms with E-state index in [-0.39, 0.29) is 5.82 Å². The molecule has 1 fully saturated rings. The van der Waals surface area contributed by atoms with Crippen LogP contribution in [0.1, 0.15) is 31.7 Å². The second-order valence-electron chi connectivity index (χ2n) is 4.36. The van der Waals surface area contributed by atoms with E-state index in [2.05, 4.69) is 6.92 Å². The van der Waals surface area contributed by atoms with Crippen LogP contribution in [-0.2, 0) is 5.60 Å². The number of hydrogen-bond acceptors (Lipinski definition) is 1. The fourth-order valence-corrected chi connectivity index (χ4v) is 2.35. The molecule has 1 aliphatic rings. The van der Waals surface area contributed by atoms with Crippen LogP contribution in [0.2, 0.25) is 0 Å². The number of hydrogen-bond donors (Lipinski definition) is 1. The van der Waals surface area contributed by atoms with Gasteiger partial charge in [0.15, 0.2) is 0 Å². The highest BCUT2D eigenvalue weighted by molar-refractivity contribution is 5.25. The van der Waals surface area contributed by atoms with Crippen LogP contribution in [0.4, 0.5) is 4.39 Å². The topological polar surface area (TPSA) is 20.2 Å². The highest BCUT2D eigenvalue weighted by atomic mass is 19.1. The third kappa shape index (κ3) is 1.55. The zero-order chi connectivity index (χ0) is 10.2. The third-order valence-corrected chi connectivity index (χ3v) is 3.11. The predicted molar refractivity (Wildman–Crippen MR) is 53.3 cm³/mol. The van der Waals surface area contributed by atoms with Crippen LogP contribution in [-0.4, -0.2) is 5.11 Å². The molecular formula is C12H15FO. The fraction of sp³-hybridized carbons (Fsp3) is 0.500. The average Bonchev–Trinajstić information content (AvgIpc) is 2.48. The molecule has 1 nitrogen and oxygen atoms in total. The van der Waals surface area contributed by atoms with E-state index in [1.165, 1.54) is 6.07 Å². The quantitative estimate of drug-likeness (QED) is 0.728. The Morgan fingerprint density at radius 1 is 1.43 bits per heavy atom. The summed E-state index contributed by atoms with van der Waals surface area (Å²) in [4.78, 5) is 0. The van der Waals surface area contributed by atoms with E-state index >= 15 is 0 Å². The maximum absolute atomic E-state index is 13.5. The van der Waals surface area contributed by atoms with Crippen molar-refractivity contribution in [2.24, 2.45) is 5.92 Å². The predicted octanol–water partition coefficient (Wildman–Crippen LogP) is 2.83. The van der Waals surface area contributed by atoms with Crippen molar-refractivity contribution in [2.45, 2.75) is 31.8 Å². The van der Waals surface area contributed by atoms with Gasteiger partial charge >= 0.3 is 0 Å². The minimum absolute atomic E-state index is 0.288. The number of rotatable bonds is 1. The molecule has 0 amide bonds. The molecule has 0 bridgehead atoms. The van der Waals surface area contributed by atoms with Gasteiger partial charge in [-0.1, -0.05) is 25.1 Å². The van der Waals surface area contributed by atoms with Crippen molar-refractivity contribution in [1.82, 2.24) is 0 Å². The Balaban J connectivity index is 2.35. The molecule has 0 spiro atoms. The molecule has 1 aromatic carbocycles. The number of aliphatic hydroxyl groups is 1. The van der Waals surface area contributed by atoms with Crippen LogP contribution < -0.4 is 0 Å². The first-order chi connectivity index (χ1) is 6.62. The highest BCUT2D eigenvalue weighted by Crippen LogP contribution is 2.42. The molecule has 76 valence electrons. The lowest BCUT2D eigenvalue weighted by Crippen LogP contribution is -2.23. The molecule has 0 aliphatic heterocycles. The minimum Gasteiger partial charge on any atom is -0.385 e. The molecular weight excluding hydrogens is 179 g/mol. The van der Waals surface area contributed by atoms with Gasteiger partial charge in [-0.15, -0.1) is 0 Å². The summed E-state index contributed by atoms with van der Waals surface area (Å²) in [5.74, 6) is 0.198. The fourth-order valence-electron chi connectivity index (χ4n) is 2.35. The molecule has 0 radical (unpaired) electrons. The molecule has 0 aromatic heterocycles. The zero-order valence-electron chi connectivity index (χ0n) is 8.33. The summed E-state index contributed by atoms with van der Waals surface area (Å²) >= 11 is 0. The monoisotopic (exact) mass is 194 g/mol. The Morgan fingerprint density at radius 3 is 2.71 bits per heavy atom. The summed E-state index contributed by atoms with van der Waals surface area (Å²) in [5, 5.41) is 10.3. The molecule has 1 aliphatic carbocycles. The first-order valence-electron chi connectivity index (χ1n) is 5.09. The first-order valence-corrected chi connectivity index (χ1v) is 5.09. The van der Waals surface area contributed by atoms with Gasteiger partial charge in [0.05, 0.1) is 5.60 Å². The van der Waals surface area contributed by atoms with Crippen LogP contribution in [0.3, 0.4) is 0 Å². The Labute approximate surface area is 83.6 Å². The molecule has 2 heteroatoms. The van der Waals surface area contributed by atoms with E-state index in [9.17, 15) is 9.50 Å². The summed E-state index contributed by atoms with van der Waals surface area (Å²) in [6.07, 6.45) is 2.33. The Hall–Kier alpha value is -0.890. The van der Waals surface area contributed by atoms with Gasteiger partial charge in [-0.2, -0.15) is 0 Å². The van der Waals surface area contributed by atoms with Crippen molar-refractivity contribution < 1.29 is 9.50 Å². The van der Waals surface area contributed by atoms with E-state index in [0.29, 0.717) is 24.3 Å². The summed E-state index contributed by atoms with van der Waals surface area (Å²) < 4.78 is 13.5. The van der Waals surface area contributed by atoms with Gasteiger partial charge in [0.2, 0.25) is 0 Å². The second kappa shape index (κ2) is 3.35. The normalized spacial score (nSPS) is 32.1. The van der Waals surface area contributed by atoms with E-state index < -0.39 is 5.60 Å². The Kier molecular flexibility index (Phi) is 2.31. The van der Waals surface area contributed by atoms with Crippen molar-refractivity contribution >= 4 is 0 Å². The van der Waals surface area contributed by atoms with E-state index in [0.717, 1.165) is 6.42 Å². The van der Waals surface area contributed by atoms with Crippen molar-refractivity contribution in [3.05, 3.63) is 35.6 Å². The van der Waals surface area contributed by atoms with Crippen LogP contribution in [0.25, 0.3) is 0 Å². The van der Waals surface area contributed by atoms with Crippen molar-refractivity contribution in [3.8, 4) is 0 Å². The standard InChI is InChI=1S/C12H15FO/c1-9-6-7-12(14,8-9)10-4-2-3-5-11(10)13/h2-5,9,14H,6-8H2,1H3/t9-,12-/m0/s1. The summed E-state index contributed by atoms with van der Waals surface area (Å²) in [6.45, 7) is 2.10. The van der Waals surface area contributed by atoms with E-state index in [1.807, 2.05) is 0 Å². The van der Waals surface area contributed by atoms with Gasteiger partial charge in [0.25, 0.3) is 0 Å². The zero-order valence-corrected chi connectivity index (χ0v) is 8.33. The molecule has 1 saturated carbocycles. The number of halogens is 1. The average molecular weight is 194 g/mol. The summed E-state index contributed by atoms with van der Waals surface area (Å²) in [6, 6.07) is 6.53. The van der Waals surface area contributed by atoms with Crippen LogP contribution in [0, 0.1) is 11.7 Å². The minimum atomic E-state index is -0.926.